The fourth-order valence-electron chi connectivity index (χ4n) is 0.775. The first kappa shape index (κ1) is 4.67. The molecule has 1 aromatic carbocycles. The van der Waals surface area contributed by atoms with Crippen molar-refractivity contribution < 1.29 is 5.48 Å². The van der Waals surface area contributed by atoms with Crippen LogP contribution in [0.5, 0.6) is 0 Å². The molecule has 1 heteroatoms. The molecule has 0 unspecified atom stereocenters. The summed E-state index contributed by atoms with van der Waals surface area (Å²) < 4.78 is 30.7. The van der Waals surface area contributed by atoms with Crippen molar-refractivity contribution >= 4 is 0 Å². The molecule has 0 aliphatic carbocycles. The SMILES string of the molecule is [2H]c1c([2H])c(C#N)c([2H])c(C(C)(C)C)c1[2H]. The van der Waals surface area contributed by atoms with Crippen LogP contribution in [0, 0.1) is 11.3 Å². The van der Waals surface area contributed by atoms with Crippen LogP contribution in [0.15, 0.2) is 24.2 Å². The third-order valence-electron chi connectivity index (χ3n) is 1.49. The van der Waals surface area contributed by atoms with E-state index < -0.39 is 5.41 Å². The zero-order valence-electron chi connectivity index (χ0n) is 11.4. The normalized spacial score (nSPS) is 15.5. The van der Waals surface area contributed by atoms with Gasteiger partial charge >= 0.3 is 0 Å². The van der Waals surface area contributed by atoms with Gasteiger partial charge in [0.25, 0.3) is 0 Å². The molecule has 1 nitrogen and oxygen atoms in total. The second-order valence-electron chi connectivity index (χ2n) is 3.61. The van der Waals surface area contributed by atoms with Crippen molar-refractivity contribution in [3.05, 3.63) is 35.3 Å². The van der Waals surface area contributed by atoms with Gasteiger partial charge in [0.1, 0.15) is 0 Å². The largest absolute Gasteiger partial charge is 0.192 e. The third kappa shape index (κ3) is 1.85. The van der Waals surface area contributed by atoms with E-state index in [-0.39, 0.29) is 29.7 Å². The molecule has 1 rings (SSSR count). The highest BCUT2D eigenvalue weighted by atomic mass is 14.2. The Morgan fingerprint density at radius 1 is 1.42 bits per heavy atom. The fraction of sp³-hybridized carbons (Fsp3) is 0.364. The van der Waals surface area contributed by atoms with Crippen molar-refractivity contribution in [3.63, 3.8) is 0 Å². The maximum Gasteiger partial charge on any atom is 0.0991 e. The van der Waals surface area contributed by atoms with Crippen LogP contribution in [0.1, 0.15) is 37.4 Å². The van der Waals surface area contributed by atoms with Gasteiger partial charge in [-0.25, -0.2) is 0 Å². The lowest BCUT2D eigenvalue weighted by molar-refractivity contribution is 0.590. The third-order valence-corrected chi connectivity index (χ3v) is 1.49. The number of benzene rings is 1. The van der Waals surface area contributed by atoms with E-state index in [1.165, 1.54) is 0 Å². The standard InChI is InChI=1S/C11H13N/c1-11(2,3)10-6-4-5-9(7-10)8-12/h4-7H,1-3H3/i4D,5D,6D,7D. The first-order valence-electron chi connectivity index (χ1n) is 5.72. The Morgan fingerprint density at radius 3 is 2.58 bits per heavy atom. The molecule has 0 spiro atoms. The Hall–Kier alpha value is -1.29. The number of hydrogen-bond donors (Lipinski definition) is 0. The van der Waals surface area contributed by atoms with Crippen LogP contribution in [0.4, 0.5) is 0 Å². The summed E-state index contributed by atoms with van der Waals surface area (Å²) in [5.41, 5.74) is -0.250. The predicted octanol–water partition coefficient (Wildman–Crippen LogP) is 2.86. The monoisotopic (exact) mass is 163 g/mol. The zero-order chi connectivity index (χ0) is 12.7. The summed E-state index contributed by atoms with van der Waals surface area (Å²) in [6, 6.07) is 0.937. The molecule has 0 fully saturated rings. The zero-order valence-corrected chi connectivity index (χ0v) is 7.45. The van der Waals surface area contributed by atoms with Gasteiger partial charge in [0.15, 0.2) is 0 Å². The van der Waals surface area contributed by atoms with E-state index in [4.69, 9.17) is 10.7 Å². The Bertz CT molecular complexity index is 480. The highest BCUT2D eigenvalue weighted by Gasteiger charge is 2.12. The highest BCUT2D eigenvalue weighted by Crippen LogP contribution is 2.22. The molecule has 0 aliphatic heterocycles. The van der Waals surface area contributed by atoms with Crippen LogP contribution >= 0.6 is 0 Å². The summed E-state index contributed by atoms with van der Waals surface area (Å²) in [4.78, 5) is 0. The second kappa shape index (κ2) is 2.98. The number of rotatable bonds is 0. The molecule has 0 heterocycles. The first-order chi connectivity index (χ1) is 7.21. The van der Waals surface area contributed by atoms with Gasteiger partial charge in [-0.3, -0.25) is 0 Å². The minimum Gasteiger partial charge on any atom is -0.192 e. The maximum absolute atomic E-state index is 8.87. The minimum absolute atomic E-state index is 0.0963. The van der Waals surface area contributed by atoms with E-state index in [1.807, 2.05) is 20.8 Å². The summed E-state index contributed by atoms with van der Waals surface area (Å²) in [5.74, 6) is 0. The smallest absolute Gasteiger partial charge is 0.0991 e. The summed E-state index contributed by atoms with van der Waals surface area (Å²) in [5, 5.41) is 8.87. The summed E-state index contributed by atoms with van der Waals surface area (Å²) >= 11 is 0. The molecular weight excluding hydrogens is 146 g/mol. The highest BCUT2D eigenvalue weighted by molar-refractivity contribution is 5.35. The Balaban J connectivity index is 3.78. The van der Waals surface area contributed by atoms with Crippen molar-refractivity contribution in [2.24, 2.45) is 0 Å². The number of nitriles is 1. The molecule has 0 atom stereocenters. The molecule has 0 N–H and O–H groups in total. The van der Waals surface area contributed by atoms with Crippen LogP contribution in [-0.4, -0.2) is 0 Å². The molecule has 1 aromatic rings. The van der Waals surface area contributed by atoms with E-state index in [9.17, 15) is 0 Å². The van der Waals surface area contributed by atoms with Gasteiger partial charge in [0.2, 0.25) is 0 Å². The summed E-state index contributed by atoms with van der Waals surface area (Å²) in [6.45, 7) is 5.47. The maximum atomic E-state index is 8.87. The molecule has 12 heavy (non-hydrogen) atoms. The van der Waals surface area contributed by atoms with Crippen molar-refractivity contribution in [1.29, 1.82) is 5.26 Å². The van der Waals surface area contributed by atoms with Crippen molar-refractivity contribution in [3.8, 4) is 6.07 Å². The lowest BCUT2D eigenvalue weighted by Gasteiger charge is -2.18. The quantitative estimate of drug-likeness (QED) is 0.577. The van der Waals surface area contributed by atoms with Gasteiger partial charge in [-0.05, 0) is 23.1 Å². The Labute approximate surface area is 79.3 Å². The molecule has 0 radical (unpaired) electrons. The Morgan fingerprint density at radius 2 is 2.08 bits per heavy atom. The molecule has 0 amide bonds. The summed E-state index contributed by atoms with van der Waals surface area (Å²) in [7, 11) is 0. The van der Waals surface area contributed by atoms with Gasteiger partial charge in [-0.1, -0.05) is 32.9 Å². The predicted molar refractivity (Wildman–Crippen MR) is 49.9 cm³/mol. The summed E-state index contributed by atoms with van der Waals surface area (Å²) in [6.07, 6.45) is 0. The van der Waals surface area contributed by atoms with Crippen LogP contribution < -0.4 is 0 Å². The number of hydrogen-bond acceptors (Lipinski definition) is 1. The minimum atomic E-state index is -0.483. The molecular formula is C11H13N. The van der Waals surface area contributed by atoms with Gasteiger partial charge in [0.05, 0.1) is 17.1 Å². The average Bonchev–Trinajstić information content (AvgIpc) is 2.13. The fourth-order valence-corrected chi connectivity index (χ4v) is 0.775. The van der Waals surface area contributed by atoms with Crippen LogP contribution in [0.25, 0.3) is 0 Å². The lowest BCUT2D eigenvalue weighted by atomic mass is 9.86. The van der Waals surface area contributed by atoms with Gasteiger partial charge < -0.3 is 0 Å². The van der Waals surface area contributed by atoms with Crippen LogP contribution in [-0.2, 0) is 5.41 Å². The van der Waals surface area contributed by atoms with E-state index in [1.54, 1.807) is 6.07 Å². The molecule has 0 aromatic heterocycles. The van der Waals surface area contributed by atoms with Crippen LogP contribution in [0.3, 0.4) is 0 Å². The number of nitrogens with zero attached hydrogens (tertiary/aromatic N) is 1. The van der Waals surface area contributed by atoms with Gasteiger partial charge in [-0.2, -0.15) is 5.26 Å². The first-order valence-corrected chi connectivity index (χ1v) is 3.72. The van der Waals surface area contributed by atoms with Gasteiger partial charge in [0, 0.05) is 0 Å². The molecule has 0 saturated heterocycles. The molecule has 62 valence electrons. The topological polar surface area (TPSA) is 23.8 Å². The Kier molecular flexibility index (Phi) is 1.16. The lowest BCUT2D eigenvalue weighted by Crippen LogP contribution is -2.10. The molecule has 0 bridgehead atoms. The second-order valence-corrected chi connectivity index (χ2v) is 3.61. The van der Waals surface area contributed by atoms with Crippen molar-refractivity contribution in [1.82, 2.24) is 0 Å². The van der Waals surface area contributed by atoms with E-state index in [0.717, 1.165) is 0 Å². The molecule has 0 saturated carbocycles. The van der Waals surface area contributed by atoms with E-state index in [2.05, 4.69) is 0 Å². The van der Waals surface area contributed by atoms with Gasteiger partial charge in [-0.15, -0.1) is 0 Å². The average molecular weight is 163 g/mol. The van der Waals surface area contributed by atoms with Crippen molar-refractivity contribution in [2.75, 3.05) is 0 Å². The van der Waals surface area contributed by atoms with Crippen LogP contribution in [0.2, 0.25) is 0 Å². The molecule has 0 aliphatic rings. The van der Waals surface area contributed by atoms with E-state index >= 15 is 0 Å². The van der Waals surface area contributed by atoms with Crippen molar-refractivity contribution in [2.45, 2.75) is 26.2 Å². The van der Waals surface area contributed by atoms with E-state index in [0.29, 0.717) is 5.56 Å².